The van der Waals surface area contributed by atoms with Crippen molar-refractivity contribution in [1.29, 1.82) is 0 Å². The van der Waals surface area contributed by atoms with Gasteiger partial charge in [0.1, 0.15) is 0 Å². The molecule has 3 N–H and O–H groups in total. The van der Waals surface area contributed by atoms with Crippen molar-refractivity contribution in [1.82, 2.24) is 9.88 Å². The number of carbonyl (C=O) groups excluding carboxylic acids is 1. The van der Waals surface area contributed by atoms with Gasteiger partial charge in [-0.05, 0) is 47.0 Å². The number of ether oxygens (including phenoxy) is 1. The Hall–Kier alpha value is -3.49. The highest BCUT2D eigenvalue weighted by atomic mass is 28.4. The van der Waals surface area contributed by atoms with E-state index in [1.165, 1.54) is 11.3 Å². The Morgan fingerprint density at radius 3 is 2.55 bits per heavy atom. The number of aromatic nitrogens is 1. The monoisotopic (exact) mass is 528 g/mol. The van der Waals surface area contributed by atoms with Crippen LogP contribution in [0.4, 0.5) is 0 Å². The van der Waals surface area contributed by atoms with Crippen LogP contribution < -0.4 is 0 Å². The molecule has 1 heterocycles. The molecule has 0 aliphatic rings. The number of fused-ring (bicyclic) bond motifs is 1. The Balaban J connectivity index is 1.48. The van der Waals surface area contributed by atoms with Crippen molar-refractivity contribution in [2.75, 3.05) is 19.7 Å². The molecule has 0 saturated carbocycles. The highest BCUT2D eigenvalue weighted by molar-refractivity contribution is 6.72. The Kier molecular flexibility index (Phi) is 9.31. The number of hydrogen-bond donors (Lipinski definition) is 3. The number of carbonyl (C=O) groups is 1. The maximum atomic E-state index is 13.6. The van der Waals surface area contributed by atoms with Crippen LogP contribution in [0.25, 0.3) is 17.0 Å². The van der Waals surface area contributed by atoms with Crippen LogP contribution in [0.1, 0.15) is 40.9 Å². The molecule has 0 spiro atoms. The Morgan fingerprint density at radius 2 is 1.76 bits per heavy atom. The Bertz CT molecular complexity index is 1360. The largest absolute Gasteiger partial charge is 0.408 e. The fourth-order valence-corrected chi connectivity index (χ4v) is 5.04. The zero-order chi connectivity index (χ0) is 27.0. The summed E-state index contributed by atoms with van der Waals surface area (Å²) in [6.07, 6.45) is 4.42. The van der Waals surface area contributed by atoms with Crippen molar-refractivity contribution in [3.05, 3.63) is 113 Å². The number of amides is 1. The molecule has 0 fully saturated rings. The molecule has 3 aromatic carbocycles. The van der Waals surface area contributed by atoms with Crippen molar-refractivity contribution in [3.8, 4) is 0 Å². The summed E-state index contributed by atoms with van der Waals surface area (Å²) in [6.45, 7) is 5.52. The summed E-state index contributed by atoms with van der Waals surface area (Å²) in [6, 6.07) is 25.4. The molecule has 0 aliphatic carbocycles. The van der Waals surface area contributed by atoms with Gasteiger partial charge in [0.25, 0.3) is 5.91 Å². The van der Waals surface area contributed by atoms with E-state index < -0.39 is 8.56 Å². The number of nitrogens with zero attached hydrogens (tertiary/aromatic N) is 1. The van der Waals surface area contributed by atoms with E-state index in [-0.39, 0.29) is 11.4 Å². The van der Waals surface area contributed by atoms with Gasteiger partial charge in [-0.3, -0.25) is 4.79 Å². The number of aromatic amines is 1. The first-order valence-corrected chi connectivity index (χ1v) is 15.1. The minimum atomic E-state index is -3.44. The molecule has 6 nitrogen and oxygen atoms in total. The molecule has 38 heavy (non-hydrogen) atoms. The van der Waals surface area contributed by atoms with Crippen LogP contribution in [0, 0.1) is 0 Å². The number of nitrogens with one attached hydrogen (secondary N) is 1. The minimum Gasteiger partial charge on any atom is -0.408 e. The first-order chi connectivity index (χ1) is 18.3. The zero-order valence-electron chi connectivity index (χ0n) is 22.0. The van der Waals surface area contributed by atoms with E-state index in [0.29, 0.717) is 38.3 Å². The molecule has 0 saturated heterocycles. The zero-order valence-corrected chi connectivity index (χ0v) is 23.0. The van der Waals surface area contributed by atoms with Crippen LogP contribution in [0.3, 0.4) is 0 Å². The summed E-state index contributed by atoms with van der Waals surface area (Å²) in [5.41, 5.74) is 5.93. The lowest BCUT2D eigenvalue weighted by Gasteiger charge is -2.23. The molecule has 0 radical (unpaired) electrons. The average molecular weight is 529 g/mol. The molecule has 0 aliphatic heterocycles. The van der Waals surface area contributed by atoms with Crippen molar-refractivity contribution in [3.63, 3.8) is 0 Å². The summed E-state index contributed by atoms with van der Waals surface area (Å²) in [7, 11) is -3.44. The van der Waals surface area contributed by atoms with Crippen molar-refractivity contribution in [2.24, 2.45) is 0 Å². The lowest BCUT2D eigenvalue weighted by molar-refractivity contribution is 0.0619. The second-order valence-electron chi connectivity index (χ2n) is 9.84. The Morgan fingerprint density at radius 1 is 1.00 bits per heavy atom. The van der Waals surface area contributed by atoms with Crippen LogP contribution in [0.15, 0.2) is 90.8 Å². The smallest absolute Gasteiger partial charge is 0.362 e. The summed E-state index contributed by atoms with van der Waals surface area (Å²) in [5.74, 6) is -0.0798. The van der Waals surface area contributed by atoms with Gasteiger partial charge in [0, 0.05) is 41.3 Å². The van der Waals surface area contributed by atoms with Gasteiger partial charge in [0.15, 0.2) is 0 Å². The summed E-state index contributed by atoms with van der Waals surface area (Å²) < 4.78 is 5.90. The van der Waals surface area contributed by atoms with E-state index in [2.05, 4.69) is 11.1 Å². The SMILES string of the molecule is CC(C)[Si](O)(O)C=Cc1cccc(C(=O)N(CCOCc2ccccc2)CCc2c[nH]c3ccccc23)c1. The molecule has 4 rings (SSSR count). The second kappa shape index (κ2) is 12.8. The number of rotatable bonds is 12. The van der Waals surface area contributed by atoms with Gasteiger partial charge >= 0.3 is 8.56 Å². The first kappa shape index (κ1) is 27.5. The highest BCUT2D eigenvalue weighted by Gasteiger charge is 2.30. The van der Waals surface area contributed by atoms with E-state index in [0.717, 1.165) is 22.0 Å². The molecule has 0 bridgehead atoms. The van der Waals surface area contributed by atoms with Gasteiger partial charge in [0.05, 0.1) is 13.2 Å². The summed E-state index contributed by atoms with van der Waals surface area (Å²) in [4.78, 5) is 39.3. The van der Waals surface area contributed by atoms with Crippen LogP contribution in [0.5, 0.6) is 0 Å². The third-order valence-corrected chi connectivity index (χ3v) is 9.09. The van der Waals surface area contributed by atoms with Gasteiger partial charge in [0.2, 0.25) is 0 Å². The van der Waals surface area contributed by atoms with E-state index in [4.69, 9.17) is 4.74 Å². The number of para-hydroxylation sites is 1. The first-order valence-electron chi connectivity index (χ1n) is 13.0. The van der Waals surface area contributed by atoms with Crippen LogP contribution in [-0.2, 0) is 17.8 Å². The fourth-order valence-electron chi connectivity index (χ4n) is 4.22. The highest BCUT2D eigenvalue weighted by Crippen LogP contribution is 2.20. The van der Waals surface area contributed by atoms with Crippen LogP contribution >= 0.6 is 0 Å². The molecule has 1 aromatic heterocycles. The van der Waals surface area contributed by atoms with Crippen molar-refractivity contribution >= 4 is 31.4 Å². The van der Waals surface area contributed by atoms with Gasteiger partial charge in [-0.15, -0.1) is 0 Å². The molecule has 0 atom stereocenters. The topological polar surface area (TPSA) is 85.8 Å². The second-order valence-corrected chi connectivity index (χ2v) is 12.9. The Labute approximate surface area is 225 Å². The molecule has 198 valence electrons. The normalized spacial score (nSPS) is 12.0. The van der Waals surface area contributed by atoms with Crippen LogP contribution in [0.2, 0.25) is 5.54 Å². The molecule has 1 amide bonds. The van der Waals surface area contributed by atoms with Gasteiger partial charge < -0.3 is 24.2 Å². The molecule has 7 heteroatoms. The van der Waals surface area contributed by atoms with E-state index in [9.17, 15) is 14.4 Å². The summed E-state index contributed by atoms with van der Waals surface area (Å²) >= 11 is 0. The van der Waals surface area contributed by atoms with Crippen molar-refractivity contribution < 1.29 is 19.1 Å². The average Bonchev–Trinajstić information content (AvgIpc) is 3.35. The standard InChI is InChI=1S/C31H36N2O4Si/c1-24(2)38(35,36)20-16-25-11-8-12-27(21-25)31(34)33(18-19-37-23-26-9-4-3-5-10-26)17-15-28-22-32-30-14-7-6-13-29(28)30/h3-14,16,20-22,24,32,35-36H,15,17-19,23H2,1-2H3. The van der Waals surface area contributed by atoms with Gasteiger partial charge in [-0.2, -0.15) is 0 Å². The maximum absolute atomic E-state index is 13.6. The lowest BCUT2D eigenvalue weighted by atomic mass is 10.1. The van der Waals surface area contributed by atoms with E-state index in [1.54, 1.807) is 32.1 Å². The third kappa shape index (κ3) is 7.30. The maximum Gasteiger partial charge on any atom is 0.362 e. The molecule has 0 unspecified atom stereocenters. The number of hydrogen-bond acceptors (Lipinski definition) is 4. The van der Waals surface area contributed by atoms with Gasteiger partial charge in [-0.25, -0.2) is 0 Å². The van der Waals surface area contributed by atoms with E-state index in [1.807, 2.05) is 71.8 Å². The molecular formula is C31H36N2O4Si. The fraction of sp³-hybridized carbons (Fsp3) is 0.258. The predicted octanol–water partition coefficient (Wildman–Crippen LogP) is 5.46. The lowest BCUT2D eigenvalue weighted by Crippen LogP contribution is -2.36. The molecule has 4 aromatic rings. The minimum absolute atomic E-state index is 0.0798. The van der Waals surface area contributed by atoms with Crippen molar-refractivity contribution in [2.45, 2.75) is 32.4 Å². The molecular weight excluding hydrogens is 492 g/mol. The van der Waals surface area contributed by atoms with Gasteiger partial charge in [-0.1, -0.05) is 80.6 Å². The predicted molar refractivity (Wildman–Crippen MR) is 155 cm³/mol. The quantitative estimate of drug-likeness (QED) is 0.168. The van der Waals surface area contributed by atoms with Crippen LogP contribution in [-0.4, -0.2) is 53.6 Å². The summed E-state index contributed by atoms with van der Waals surface area (Å²) in [5, 5.41) is 1.16. The number of benzene rings is 3. The third-order valence-electron chi connectivity index (χ3n) is 6.73. The number of H-pyrrole nitrogens is 1. The van der Waals surface area contributed by atoms with E-state index >= 15 is 0 Å².